The number of carbonyl (C=O) groups excluding carboxylic acids is 2. The van der Waals surface area contributed by atoms with Gasteiger partial charge in [-0.1, -0.05) is 30.3 Å². The Hall–Kier alpha value is -2.49. The van der Waals surface area contributed by atoms with E-state index >= 15 is 0 Å². The van der Waals surface area contributed by atoms with Crippen LogP contribution in [0.5, 0.6) is 0 Å². The Morgan fingerprint density at radius 3 is 2.21 bits per heavy atom. The van der Waals surface area contributed by atoms with E-state index in [1.807, 2.05) is 30.3 Å². The van der Waals surface area contributed by atoms with E-state index in [0.29, 0.717) is 11.1 Å². The number of aldehydes is 1. The fourth-order valence-corrected chi connectivity index (χ4v) is 2.07. The van der Waals surface area contributed by atoms with Crippen molar-refractivity contribution >= 4 is 12.2 Å². The number of benzene rings is 1. The van der Waals surface area contributed by atoms with Crippen molar-refractivity contribution in [2.24, 2.45) is 0 Å². The Labute approximate surface area is 111 Å². The molecule has 0 spiro atoms. The molecule has 1 amide bonds. The Balaban J connectivity index is 2.61. The summed E-state index contributed by atoms with van der Waals surface area (Å²) in [5.41, 5.74) is 0.223. The normalized spacial score (nSPS) is 13.3. The first-order valence-electron chi connectivity index (χ1n) is 5.90. The maximum Gasteiger partial charge on any atom is 0.218 e. The highest BCUT2D eigenvalue weighted by Gasteiger charge is 2.34. The van der Waals surface area contributed by atoms with Crippen molar-refractivity contribution in [3.8, 4) is 0 Å². The van der Waals surface area contributed by atoms with Crippen LogP contribution in [-0.4, -0.2) is 17.2 Å². The Kier molecular flexibility index (Phi) is 3.71. The summed E-state index contributed by atoms with van der Waals surface area (Å²) in [7, 11) is 0. The third-order valence-corrected chi connectivity index (χ3v) is 2.91. The van der Waals surface area contributed by atoms with Crippen LogP contribution in [0, 0.1) is 0 Å². The molecule has 1 unspecified atom stereocenters. The Morgan fingerprint density at radius 1 is 1.11 bits per heavy atom. The van der Waals surface area contributed by atoms with Crippen LogP contribution in [0.4, 0.5) is 0 Å². The van der Waals surface area contributed by atoms with E-state index in [9.17, 15) is 9.59 Å². The first-order chi connectivity index (χ1) is 9.19. The van der Waals surface area contributed by atoms with Crippen molar-refractivity contribution < 1.29 is 9.59 Å². The van der Waals surface area contributed by atoms with Gasteiger partial charge in [0.05, 0.1) is 0 Å². The van der Waals surface area contributed by atoms with Crippen LogP contribution < -0.4 is 5.32 Å². The molecule has 2 rings (SSSR count). The van der Waals surface area contributed by atoms with Gasteiger partial charge in [-0.2, -0.15) is 0 Å². The quantitative estimate of drug-likeness (QED) is 0.844. The molecule has 0 aliphatic heterocycles. The third kappa shape index (κ3) is 2.52. The molecule has 0 saturated carbocycles. The number of nitrogens with one attached hydrogen (secondary N) is 1. The second-order valence-electron chi connectivity index (χ2n) is 4.21. The lowest BCUT2D eigenvalue weighted by molar-refractivity contribution is -0.124. The number of amides is 1. The van der Waals surface area contributed by atoms with Gasteiger partial charge in [0, 0.05) is 19.3 Å². The topological polar surface area (TPSA) is 59.1 Å². The number of hydrogen-bond donors (Lipinski definition) is 1. The second kappa shape index (κ2) is 5.44. The predicted molar refractivity (Wildman–Crippen MR) is 71.3 cm³/mol. The van der Waals surface area contributed by atoms with Gasteiger partial charge < -0.3 is 5.32 Å². The van der Waals surface area contributed by atoms with Gasteiger partial charge in [0.1, 0.15) is 5.54 Å². The molecule has 19 heavy (non-hydrogen) atoms. The van der Waals surface area contributed by atoms with E-state index in [2.05, 4.69) is 10.3 Å². The molecule has 1 aromatic carbocycles. The van der Waals surface area contributed by atoms with Crippen molar-refractivity contribution in [1.82, 2.24) is 10.3 Å². The molecule has 1 N–H and O–H groups in total. The fraction of sp³-hybridized carbons (Fsp3) is 0.133. The van der Waals surface area contributed by atoms with E-state index in [-0.39, 0.29) is 5.91 Å². The minimum Gasteiger partial charge on any atom is -0.336 e. The van der Waals surface area contributed by atoms with Crippen molar-refractivity contribution in [2.45, 2.75) is 12.5 Å². The fourth-order valence-electron chi connectivity index (χ4n) is 2.07. The first-order valence-corrected chi connectivity index (χ1v) is 5.90. The molecule has 0 radical (unpaired) electrons. The SMILES string of the molecule is CC(=O)NC(C=O)(c1ccccc1)c1ccncc1. The van der Waals surface area contributed by atoms with Crippen molar-refractivity contribution in [1.29, 1.82) is 0 Å². The van der Waals surface area contributed by atoms with Crippen LogP contribution in [0.1, 0.15) is 18.1 Å². The van der Waals surface area contributed by atoms with Gasteiger partial charge in [-0.05, 0) is 23.3 Å². The highest BCUT2D eigenvalue weighted by atomic mass is 16.2. The van der Waals surface area contributed by atoms with Crippen LogP contribution in [0.3, 0.4) is 0 Å². The standard InChI is InChI=1S/C15H14N2O2/c1-12(19)17-15(11-18,13-5-3-2-4-6-13)14-7-9-16-10-8-14/h2-11H,1H3,(H,17,19). The van der Waals surface area contributed by atoms with Crippen LogP contribution in [-0.2, 0) is 15.1 Å². The van der Waals surface area contributed by atoms with E-state index in [4.69, 9.17) is 0 Å². The highest BCUT2D eigenvalue weighted by molar-refractivity contribution is 5.84. The lowest BCUT2D eigenvalue weighted by Crippen LogP contribution is -2.47. The largest absolute Gasteiger partial charge is 0.336 e. The summed E-state index contributed by atoms with van der Waals surface area (Å²) in [4.78, 5) is 27.1. The molecule has 0 fully saturated rings. The van der Waals surface area contributed by atoms with E-state index in [0.717, 1.165) is 6.29 Å². The third-order valence-electron chi connectivity index (χ3n) is 2.91. The number of carbonyl (C=O) groups is 2. The van der Waals surface area contributed by atoms with Crippen LogP contribution in [0.15, 0.2) is 54.9 Å². The van der Waals surface area contributed by atoms with Crippen molar-refractivity contribution in [3.63, 3.8) is 0 Å². The van der Waals surface area contributed by atoms with Crippen LogP contribution >= 0.6 is 0 Å². The van der Waals surface area contributed by atoms with E-state index in [1.54, 1.807) is 24.5 Å². The molecule has 0 aliphatic carbocycles. The lowest BCUT2D eigenvalue weighted by atomic mass is 9.84. The summed E-state index contributed by atoms with van der Waals surface area (Å²) in [6.45, 7) is 1.39. The van der Waals surface area contributed by atoms with Crippen molar-refractivity contribution in [2.75, 3.05) is 0 Å². The predicted octanol–water partition coefficient (Wildman–Crippen LogP) is 1.66. The lowest BCUT2D eigenvalue weighted by Gasteiger charge is -2.29. The zero-order chi connectivity index (χ0) is 13.7. The van der Waals surface area contributed by atoms with Gasteiger partial charge in [0.15, 0.2) is 6.29 Å². The Bertz CT molecular complexity index is 528. The average molecular weight is 254 g/mol. The number of pyridine rings is 1. The molecule has 4 nitrogen and oxygen atoms in total. The summed E-state index contributed by atoms with van der Waals surface area (Å²) in [5.74, 6) is -0.271. The molecule has 0 bridgehead atoms. The molecule has 1 heterocycles. The minimum absolute atomic E-state index is 0.271. The molecule has 96 valence electrons. The molecule has 0 aliphatic rings. The zero-order valence-electron chi connectivity index (χ0n) is 10.5. The number of aromatic nitrogens is 1. The van der Waals surface area contributed by atoms with Crippen LogP contribution in [0.2, 0.25) is 0 Å². The van der Waals surface area contributed by atoms with Gasteiger partial charge >= 0.3 is 0 Å². The summed E-state index contributed by atoms with van der Waals surface area (Å²) in [6, 6.07) is 12.6. The van der Waals surface area contributed by atoms with Crippen LogP contribution in [0.25, 0.3) is 0 Å². The van der Waals surface area contributed by atoms with Gasteiger partial charge in [0.25, 0.3) is 0 Å². The highest BCUT2D eigenvalue weighted by Crippen LogP contribution is 2.27. The summed E-state index contributed by atoms with van der Waals surface area (Å²) in [6.07, 6.45) is 3.94. The molecule has 4 heteroatoms. The molecular weight excluding hydrogens is 240 g/mol. The molecular formula is C15H14N2O2. The summed E-state index contributed by atoms with van der Waals surface area (Å²) < 4.78 is 0. The average Bonchev–Trinajstić information content (AvgIpc) is 2.46. The van der Waals surface area contributed by atoms with Gasteiger partial charge in [-0.3, -0.25) is 14.6 Å². The first kappa shape index (κ1) is 13.0. The number of hydrogen-bond acceptors (Lipinski definition) is 3. The van der Waals surface area contributed by atoms with Gasteiger partial charge in [-0.25, -0.2) is 0 Å². The smallest absolute Gasteiger partial charge is 0.218 e. The molecule has 0 saturated heterocycles. The van der Waals surface area contributed by atoms with Gasteiger partial charge in [0.2, 0.25) is 5.91 Å². The molecule has 1 atom stereocenters. The monoisotopic (exact) mass is 254 g/mol. The maximum atomic E-state index is 11.7. The summed E-state index contributed by atoms with van der Waals surface area (Å²) >= 11 is 0. The second-order valence-corrected chi connectivity index (χ2v) is 4.21. The number of rotatable bonds is 4. The molecule has 1 aromatic heterocycles. The molecule has 2 aromatic rings. The maximum absolute atomic E-state index is 11.7. The zero-order valence-corrected chi connectivity index (χ0v) is 10.5. The van der Waals surface area contributed by atoms with E-state index < -0.39 is 5.54 Å². The number of nitrogens with zero attached hydrogens (tertiary/aromatic N) is 1. The van der Waals surface area contributed by atoms with Gasteiger partial charge in [-0.15, -0.1) is 0 Å². The Morgan fingerprint density at radius 2 is 1.68 bits per heavy atom. The minimum atomic E-state index is -1.17. The van der Waals surface area contributed by atoms with E-state index in [1.165, 1.54) is 6.92 Å². The summed E-state index contributed by atoms with van der Waals surface area (Å²) in [5, 5.41) is 2.74. The van der Waals surface area contributed by atoms with Crippen molar-refractivity contribution in [3.05, 3.63) is 66.0 Å².